The molecule has 0 spiro atoms. The van der Waals surface area contributed by atoms with Crippen LogP contribution in [0.5, 0.6) is 0 Å². The molecular formula is C26H23ClF3N3O4S. The molecule has 2 aliphatic carbocycles. The lowest BCUT2D eigenvalue weighted by molar-refractivity contribution is -0.141. The monoisotopic (exact) mass is 565 g/mol. The number of alkyl halides is 3. The molecule has 1 aliphatic heterocycles. The smallest absolute Gasteiger partial charge is 0.336 e. The minimum atomic E-state index is -4.60. The number of carbonyl (C=O) groups excluding carboxylic acids is 2. The van der Waals surface area contributed by atoms with E-state index < -0.39 is 55.6 Å². The molecule has 2 aromatic rings. The van der Waals surface area contributed by atoms with Crippen molar-refractivity contribution in [3.63, 3.8) is 0 Å². The number of halogens is 4. The van der Waals surface area contributed by atoms with Crippen molar-refractivity contribution in [2.24, 2.45) is 0 Å². The van der Waals surface area contributed by atoms with Crippen molar-refractivity contribution in [3.8, 4) is 6.07 Å². The second kappa shape index (κ2) is 8.99. The highest BCUT2D eigenvalue weighted by molar-refractivity contribution is 7.92. The van der Waals surface area contributed by atoms with E-state index in [9.17, 15) is 36.4 Å². The molecule has 2 amide bonds. The first-order valence-corrected chi connectivity index (χ1v) is 14.0. The van der Waals surface area contributed by atoms with Crippen molar-refractivity contribution in [1.29, 1.82) is 5.26 Å². The van der Waals surface area contributed by atoms with Crippen LogP contribution in [0.3, 0.4) is 0 Å². The van der Waals surface area contributed by atoms with E-state index in [1.54, 1.807) is 6.07 Å². The predicted octanol–water partition coefficient (Wildman–Crippen LogP) is 4.01. The van der Waals surface area contributed by atoms with E-state index in [1.165, 1.54) is 30.3 Å². The van der Waals surface area contributed by atoms with Crippen molar-refractivity contribution in [2.75, 3.05) is 6.54 Å². The first-order chi connectivity index (χ1) is 17.8. The number of sulfone groups is 1. The Bertz CT molecular complexity index is 1460. The minimum Gasteiger partial charge on any atom is -0.336 e. The van der Waals surface area contributed by atoms with E-state index in [2.05, 4.69) is 5.32 Å². The maximum Gasteiger partial charge on any atom is 0.416 e. The minimum absolute atomic E-state index is 0.00215. The lowest BCUT2D eigenvalue weighted by atomic mass is 9.92. The van der Waals surface area contributed by atoms with Gasteiger partial charge in [0.05, 0.1) is 32.2 Å². The second-order valence-corrected chi connectivity index (χ2v) is 12.8. The fourth-order valence-corrected chi connectivity index (χ4v) is 7.30. The molecule has 0 radical (unpaired) electrons. The molecular weight excluding hydrogens is 543 g/mol. The number of benzene rings is 2. The van der Waals surface area contributed by atoms with E-state index in [4.69, 9.17) is 11.6 Å². The topological polar surface area (TPSA) is 107 Å². The zero-order valence-electron chi connectivity index (χ0n) is 20.0. The Morgan fingerprint density at radius 3 is 2.34 bits per heavy atom. The van der Waals surface area contributed by atoms with Crippen LogP contribution in [0.2, 0.25) is 5.02 Å². The highest BCUT2D eigenvalue weighted by Gasteiger charge is 2.58. The third-order valence-corrected chi connectivity index (χ3v) is 10.3. The van der Waals surface area contributed by atoms with E-state index >= 15 is 0 Å². The van der Waals surface area contributed by atoms with Gasteiger partial charge in [0.2, 0.25) is 11.8 Å². The molecule has 2 atom stereocenters. The van der Waals surface area contributed by atoms with Crippen LogP contribution in [0.1, 0.15) is 43.2 Å². The van der Waals surface area contributed by atoms with E-state index in [-0.39, 0.29) is 41.3 Å². The summed E-state index contributed by atoms with van der Waals surface area (Å²) < 4.78 is 67.1. The summed E-state index contributed by atoms with van der Waals surface area (Å²) in [4.78, 5) is 28.2. The zero-order valence-corrected chi connectivity index (χ0v) is 21.5. The lowest BCUT2D eigenvalue weighted by Gasteiger charge is -2.29. The summed E-state index contributed by atoms with van der Waals surface area (Å²) in [5.74, 6) is -1.26. The van der Waals surface area contributed by atoms with E-state index in [0.717, 1.165) is 17.0 Å². The Balaban J connectivity index is 1.49. The number of hydrogen-bond donors (Lipinski definition) is 1. The number of nitrogens with one attached hydrogen (secondary N) is 1. The normalized spacial score (nSPS) is 23.4. The number of nitriles is 1. The molecule has 200 valence electrons. The lowest BCUT2D eigenvalue weighted by Crippen LogP contribution is -2.51. The highest BCUT2D eigenvalue weighted by Crippen LogP contribution is 2.51. The van der Waals surface area contributed by atoms with Gasteiger partial charge in [-0.25, -0.2) is 8.42 Å². The summed E-state index contributed by atoms with van der Waals surface area (Å²) in [7, 11) is -4.07. The fourth-order valence-electron chi connectivity index (χ4n) is 5.08. The van der Waals surface area contributed by atoms with Crippen LogP contribution in [-0.4, -0.2) is 48.5 Å². The zero-order chi connectivity index (χ0) is 27.5. The Morgan fingerprint density at radius 2 is 1.76 bits per heavy atom. The van der Waals surface area contributed by atoms with Crippen molar-refractivity contribution in [1.82, 2.24) is 10.2 Å². The molecule has 3 fully saturated rings. The molecule has 12 heteroatoms. The molecule has 5 rings (SSSR count). The summed E-state index contributed by atoms with van der Waals surface area (Å²) in [5.41, 5.74) is -3.06. The van der Waals surface area contributed by atoms with Gasteiger partial charge in [-0.2, -0.15) is 18.4 Å². The molecule has 1 heterocycles. The van der Waals surface area contributed by atoms with Gasteiger partial charge in [0.25, 0.3) is 0 Å². The van der Waals surface area contributed by atoms with Gasteiger partial charge in [0.1, 0.15) is 11.6 Å². The Hall–Kier alpha value is -3.10. The second-order valence-electron chi connectivity index (χ2n) is 10.2. The van der Waals surface area contributed by atoms with Gasteiger partial charge in [-0.05, 0) is 55.9 Å². The van der Waals surface area contributed by atoms with Crippen molar-refractivity contribution >= 4 is 33.3 Å². The molecule has 3 aliphatic rings. The molecule has 2 unspecified atom stereocenters. The molecule has 1 saturated heterocycles. The Kier molecular flexibility index (Phi) is 6.27. The first kappa shape index (κ1) is 26.5. The average Bonchev–Trinajstić information content (AvgIpc) is 3.80. The van der Waals surface area contributed by atoms with Gasteiger partial charge >= 0.3 is 6.18 Å². The van der Waals surface area contributed by atoms with E-state index in [1.807, 2.05) is 6.07 Å². The van der Waals surface area contributed by atoms with Gasteiger partial charge in [-0.3, -0.25) is 9.59 Å². The van der Waals surface area contributed by atoms with Crippen molar-refractivity contribution < 1.29 is 31.2 Å². The van der Waals surface area contributed by atoms with Crippen LogP contribution >= 0.6 is 11.6 Å². The summed E-state index contributed by atoms with van der Waals surface area (Å²) in [6, 6.07) is 11.2. The Labute approximate surface area is 222 Å². The number of likely N-dealkylation sites (tertiary alicyclic amines) is 1. The number of carbonyl (C=O) groups is 2. The molecule has 7 nitrogen and oxygen atoms in total. The third-order valence-electron chi connectivity index (χ3n) is 7.64. The van der Waals surface area contributed by atoms with Crippen molar-refractivity contribution in [3.05, 3.63) is 64.7 Å². The van der Waals surface area contributed by atoms with Crippen LogP contribution in [0.25, 0.3) is 0 Å². The van der Waals surface area contributed by atoms with Crippen LogP contribution in [0.4, 0.5) is 13.2 Å². The first-order valence-electron chi connectivity index (χ1n) is 12.0. The standard InChI is InChI=1S/C26H23ClF3N3O4S/c27-19-6-1-2-7-21(19)38(36,37)18-13-20(22(34)32-24(15-31)8-9-24)33(14-18)23(35)25(10-11-25)16-4-3-5-17(12-16)26(28,29)30/h1-7,12,18,20H,8-11,13-14H2,(H,32,34). The fraction of sp³-hybridized carbons (Fsp3) is 0.423. The van der Waals surface area contributed by atoms with Gasteiger partial charge in [-0.1, -0.05) is 41.9 Å². The number of nitrogens with zero attached hydrogens (tertiary/aromatic N) is 2. The molecule has 38 heavy (non-hydrogen) atoms. The molecule has 2 saturated carbocycles. The van der Waals surface area contributed by atoms with Gasteiger partial charge in [0, 0.05) is 6.54 Å². The summed E-state index contributed by atoms with van der Waals surface area (Å²) in [5, 5.41) is 10.9. The SMILES string of the molecule is N#CC1(NC(=O)C2CC(S(=O)(=O)c3ccccc3Cl)CN2C(=O)C2(c3cccc(C(F)(F)F)c3)CC2)CC1. The summed E-state index contributed by atoms with van der Waals surface area (Å²) in [6.07, 6.45) is -3.43. The predicted molar refractivity (Wildman–Crippen MR) is 131 cm³/mol. The summed E-state index contributed by atoms with van der Waals surface area (Å²) >= 11 is 6.15. The molecule has 0 bridgehead atoms. The third kappa shape index (κ3) is 4.54. The van der Waals surface area contributed by atoms with E-state index in [0.29, 0.717) is 12.8 Å². The van der Waals surface area contributed by atoms with Crippen molar-refractivity contribution in [2.45, 2.75) is 65.4 Å². The average molecular weight is 566 g/mol. The van der Waals surface area contributed by atoms with Gasteiger partial charge < -0.3 is 10.2 Å². The molecule has 1 N–H and O–H groups in total. The summed E-state index contributed by atoms with van der Waals surface area (Å²) in [6.45, 7) is -0.329. The van der Waals surface area contributed by atoms with Crippen LogP contribution in [-0.2, 0) is 31.0 Å². The largest absolute Gasteiger partial charge is 0.416 e. The number of rotatable bonds is 6. The number of amides is 2. The molecule has 0 aromatic heterocycles. The number of hydrogen-bond acceptors (Lipinski definition) is 5. The van der Waals surface area contributed by atoms with Crippen LogP contribution < -0.4 is 5.32 Å². The molecule has 2 aromatic carbocycles. The van der Waals surface area contributed by atoms with Crippen LogP contribution in [0.15, 0.2) is 53.4 Å². The van der Waals surface area contributed by atoms with Crippen LogP contribution in [0, 0.1) is 11.3 Å². The van der Waals surface area contributed by atoms with Gasteiger partial charge in [0.15, 0.2) is 9.84 Å². The quantitative estimate of drug-likeness (QED) is 0.569. The Morgan fingerprint density at radius 1 is 1.08 bits per heavy atom. The highest BCUT2D eigenvalue weighted by atomic mass is 35.5. The maximum atomic E-state index is 13.9. The maximum absolute atomic E-state index is 13.9. The van der Waals surface area contributed by atoms with Gasteiger partial charge in [-0.15, -0.1) is 0 Å².